The number of carbonyl (C=O) groups excluding carboxylic acids is 3. The Hall–Kier alpha value is -3.46. The quantitative estimate of drug-likeness (QED) is 0.504. The molecule has 8 nitrogen and oxygen atoms in total. The number of thiophene rings is 1. The molecule has 3 heterocycles. The number of pyridine rings is 1. The lowest BCUT2D eigenvalue weighted by Gasteiger charge is -2.31. The maximum absolute atomic E-state index is 13.5. The van der Waals surface area contributed by atoms with Crippen molar-refractivity contribution in [1.82, 2.24) is 20.5 Å². The predicted molar refractivity (Wildman–Crippen MR) is 123 cm³/mol. The highest BCUT2D eigenvalue weighted by atomic mass is 32.1. The summed E-state index contributed by atoms with van der Waals surface area (Å²) < 4.78 is 5.47. The summed E-state index contributed by atoms with van der Waals surface area (Å²) in [5.41, 5.74) is 0.644. The van der Waals surface area contributed by atoms with Crippen molar-refractivity contribution < 1.29 is 18.8 Å². The number of aromatic nitrogens is 1. The summed E-state index contributed by atoms with van der Waals surface area (Å²) in [5, 5.41) is 7.58. The molecule has 0 bridgehead atoms. The fraction of sp³-hybridized carbons (Fsp3) is 0.333. The first kappa shape index (κ1) is 22.7. The third kappa shape index (κ3) is 5.87. The van der Waals surface area contributed by atoms with Crippen LogP contribution in [-0.2, 0) is 16.1 Å². The zero-order valence-corrected chi connectivity index (χ0v) is 18.9. The average Bonchev–Trinajstić information content (AvgIpc) is 3.61. The molecule has 1 aliphatic carbocycles. The average molecular weight is 467 g/mol. The van der Waals surface area contributed by atoms with Gasteiger partial charge in [0, 0.05) is 18.4 Å². The molecule has 1 aliphatic rings. The summed E-state index contributed by atoms with van der Waals surface area (Å²) in [6.45, 7) is -0.151. The number of hydrogen-bond acceptors (Lipinski definition) is 6. The van der Waals surface area contributed by atoms with Gasteiger partial charge >= 0.3 is 0 Å². The first-order chi connectivity index (χ1) is 16.1. The van der Waals surface area contributed by atoms with E-state index in [-0.39, 0.29) is 36.9 Å². The summed E-state index contributed by atoms with van der Waals surface area (Å²) in [6.07, 6.45) is 8.73. The second-order valence-electron chi connectivity index (χ2n) is 7.93. The van der Waals surface area contributed by atoms with Crippen molar-refractivity contribution in [1.29, 1.82) is 0 Å². The minimum absolute atomic E-state index is 0.0891. The molecule has 33 heavy (non-hydrogen) atoms. The SMILES string of the molecule is O=C(NCC(=O)N(Cc1ccco1)[C@H](C(=O)NC1CCCC1)c1ccncc1)c1cccs1. The van der Waals surface area contributed by atoms with E-state index in [9.17, 15) is 14.4 Å². The van der Waals surface area contributed by atoms with Gasteiger partial charge in [0.05, 0.1) is 24.2 Å². The molecule has 0 aliphatic heterocycles. The standard InChI is InChI=1S/C24H26N4O4S/c29-21(15-26-23(30)20-8-4-14-33-20)28(16-19-7-3-13-32-19)22(17-9-11-25-12-10-17)24(31)27-18-5-1-2-6-18/h3-4,7-14,18,22H,1-2,5-6,15-16H2,(H,26,30)(H,27,31)/t22-/m0/s1. The molecule has 0 saturated heterocycles. The maximum Gasteiger partial charge on any atom is 0.261 e. The smallest absolute Gasteiger partial charge is 0.261 e. The van der Waals surface area contributed by atoms with Crippen LogP contribution in [-0.4, -0.2) is 40.2 Å². The maximum atomic E-state index is 13.5. The van der Waals surface area contributed by atoms with E-state index in [1.807, 2.05) is 0 Å². The van der Waals surface area contributed by atoms with Crippen LogP contribution < -0.4 is 10.6 Å². The van der Waals surface area contributed by atoms with Crippen molar-refractivity contribution in [2.45, 2.75) is 44.3 Å². The van der Waals surface area contributed by atoms with Gasteiger partial charge < -0.3 is 20.0 Å². The highest BCUT2D eigenvalue weighted by Gasteiger charge is 2.33. The van der Waals surface area contributed by atoms with Crippen LogP contribution in [0.15, 0.2) is 64.9 Å². The summed E-state index contributed by atoms with van der Waals surface area (Å²) in [6, 6.07) is 9.62. The summed E-state index contributed by atoms with van der Waals surface area (Å²) >= 11 is 1.30. The lowest BCUT2D eigenvalue weighted by atomic mass is 10.0. The van der Waals surface area contributed by atoms with E-state index >= 15 is 0 Å². The fourth-order valence-electron chi connectivity index (χ4n) is 4.02. The molecule has 3 aromatic heterocycles. The van der Waals surface area contributed by atoms with Crippen molar-refractivity contribution >= 4 is 29.1 Å². The number of furan rings is 1. The minimum atomic E-state index is -0.884. The van der Waals surface area contributed by atoms with E-state index in [4.69, 9.17) is 4.42 Å². The normalized spacial score (nSPS) is 14.5. The van der Waals surface area contributed by atoms with E-state index in [0.717, 1.165) is 25.7 Å². The van der Waals surface area contributed by atoms with Gasteiger partial charge in [-0.05, 0) is 54.1 Å². The number of nitrogens with zero attached hydrogens (tertiary/aromatic N) is 2. The first-order valence-electron chi connectivity index (χ1n) is 11.0. The van der Waals surface area contributed by atoms with E-state index in [2.05, 4.69) is 15.6 Å². The summed E-state index contributed by atoms with van der Waals surface area (Å²) in [5.74, 6) is -0.426. The molecule has 0 aromatic carbocycles. The Bertz CT molecular complexity index is 1050. The largest absolute Gasteiger partial charge is 0.467 e. The van der Waals surface area contributed by atoms with Crippen molar-refractivity contribution in [2.75, 3.05) is 6.54 Å². The number of carbonyl (C=O) groups is 3. The van der Waals surface area contributed by atoms with Crippen LogP contribution >= 0.6 is 11.3 Å². The van der Waals surface area contributed by atoms with Gasteiger partial charge in [-0.1, -0.05) is 18.9 Å². The van der Waals surface area contributed by atoms with Crippen LogP contribution in [0.3, 0.4) is 0 Å². The predicted octanol–water partition coefficient (Wildman–Crippen LogP) is 3.29. The van der Waals surface area contributed by atoms with Crippen molar-refractivity contribution in [3.8, 4) is 0 Å². The third-order valence-electron chi connectivity index (χ3n) is 5.66. The number of nitrogens with one attached hydrogen (secondary N) is 2. The molecule has 2 N–H and O–H groups in total. The molecule has 3 amide bonds. The van der Waals surface area contributed by atoms with E-state index in [0.29, 0.717) is 16.2 Å². The van der Waals surface area contributed by atoms with Crippen molar-refractivity contribution in [2.24, 2.45) is 0 Å². The highest BCUT2D eigenvalue weighted by Crippen LogP contribution is 2.26. The number of rotatable bonds is 9. The Balaban J connectivity index is 1.58. The highest BCUT2D eigenvalue weighted by molar-refractivity contribution is 7.12. The lowest BCUT2D eigenvalue weighted by molar-refractivity contribution is -0.141. The van der Waals surface area contributed by atoms with Gasteiger partial charge in [0.25, 0.3) is 5.91 Å². The van der Waals surface area contributed by atoms with E-state index in [1.54, 1.807) is 54.2 Å². The van der Waals surface area contributed by atoms with E-state index in [1.165, 1.54) is 22.5 Å². The molecule has 9 heteroatoms. The molecule has 0 radical (unpaired) electrons. The third-order valence-corrected chi connectivity index (χ3v) is 6.52. The number of hydrogen-bond donors (Lipinski definition) is 2. The molecular formula is C24H26N4O4S. The van der Waals surface area contributed by atoms with Gasteiger partial charge in [-0.25, -0.2) is 0 Å². The van der Waals surface area contributed by atoms with Crippen molar-refractivity contribution in [3.05, 3.63) is 76.6 Å². The van der Waals surface area contributed by atoms with Crippen molar-refractivity contribution in [3.63, 3.8) is 0 Å². The molecule has 1 atom stereocenters. The van der Waals surface area contributed by atoms with Crippen LogP contribution in [0, 0.1) is 0 Å². The molecule has 3 aromatic rings. The molecule has 1 saturated carbocycles. The lowest BCUT2D eigenvalue weighted by Crippen LogP contribution is -2.48. The van der Waals surface area contributed by atoms with Gasteiger partial charge in [-0.2, -0.15) is 0 Å². The molecule has 1 fully saturated rings. The Morgan fingerprint density at radius 1 is 1.12 bits per heavy atom. The van der Waals surface area contributed by atoms with Crippen LogP contribution in [0.2, 0.25) is 0 Å². The van der Waals surface area contributed by atoms with Gasteiger partial charge in [-0.15, -0.1) is 11.3 Å². The Labute approximate surface area is 196 Å². The minimum Gasteiger partial charge on any atom is -0.467 e. The zero-order chi connectivity index (χ0) is 23.0. The summed E-state index contributed by atoms with van der Waals surface area (Å²) in [7, 11) is 0. The Morgan fingerprint density at radius 2 is 1.91 bits per heavy atom. The molecule has 4 rings (SSSR count). The van der Waals surface area contributed by atoms with Crippen LogP contribution in [0.4, 0.5) is 0 Å². The first-order valence-corrected chi connectivity index (χ1v) is 11.8. The van der Waals surface area contributed by atoms with Gasteiger partial charge in [0.2, 0.25) is 11.8 Å². The van der Waals surface area contributed by atoms with Gasteiger partial charge in [0.1, 0.15) is 11.8 Å². The van der Waals surface area contributed by atoms with Gasteiger partial charge in [0.15, 0.2) is 0 Å². The molecule has 0 unspecified atom stereocenters. The van der Waals surface area contributed by atoms with Crippen LogP contribution in [0.5, 0.6) is 0 Å². The second kappa shape index (κ2) is 10.9. The Kier molecular flexibility index (Phi) is 7.51. The monoisotopic (exact) mass is 466 g/mol. The van der Waals surface area contributed by atoms with Gasteiger partial charge in [-0.3, -0.25) is 19.4 Å². The second-order valence-corrected chi connectivity index (χ2v) is 8.88. The summed E-state index contributed by atoms with van der Waals surface area (Å²) in [4.78, 5) is 45.2. The topological polar surface area (TPSA) is 105 Å². The van der Waals surface area contributed by atoms with Crippen LogP contribution in [0.25, 0.3) is 0 Å². The van der Waals surface area contributed by atoms with E-state index < -0.39 is 6.04 Å². The molecule has 172 valence electrons. The van der Waals surface area contributed by atoms with Crippen LogP contribution in [0.1, 0.15) is 52.7 Å². The molecule has 0 spiro atoms. The number of amides is 3. The Morgan fingerprint density at radius 3 is 2.58 bits per heavy atom. The molecular weight excluding hydrogens is 440 g/mol. The zero-order valence-electron chi connectivity index (χ0n) is 18.1. The fourth-order valence-corrected chi connectivity index (χ4v) is 4.66.